The Morgan fingerprint density at radius 1 is 0.667 bits per heavy atom. The van der Waals surface area contributed by atoms with Gasteiger partial charge < -0.3 is 25.4 Å². The van der Waals surface area contributed by atoms with Crippen molar-refractivity contribution in [2.24, 2.45) is 0 Å². The van der Waals surface area contributed by atoms with Gasteiger partial charge in [0.25, 0.3) is 11.8 Å². The Morgan fingerprint density at radius 2 is 1.08 bits per heavy atom. The van der Waals surface area contributed by atoms with Crippen molar-refractivity contribution in [1.82, 2.24) is 5.32 Å². The van der Waals surface area contributed by atoms with Gasteiger partial charge in [-0.05, 0) is 43.7 Å². The summed E-state index contributed by atoms with van der Waals surface area (Å²) in [6, 6.07) is 24.0. The van der Waals surface area contributed by atoms with E-state index in [1.165, 1.54) is 0 Å². The summed E-state index contributed by atoms with van der Waals surface area (Å²) in [5.41, 5.74) is 4.15. The number of anilines is 2. The van der Waals surface area contributed by atoms with Gasteiger partial charge in [-0.25, -0.2) is 0 Å². The summed E-state index contributed by atoms with van der Waals surface area (Å²) < 4.78 is 10.8. The highest BCUT2D eigenvalue weighted by Crippen LogP contribution is 2.40. The molecule has 0 aromatic heterocycles. The number of amides is 2. The van der Waals surface area contributed by atoms with Crippen LogP contribution in [-0.2, 0) is 9.59 Å². The van der Waals surface area contributed by atoms with Crippen molar-refractivity contribution in [2.45, 2.75) is 19.8 Å². The summed E-state index contributed by atoms with van der Waals surface area (Å²) in [4.78, 5) is 27.4. The van der Waals surface area contributed by atoms with E-state index >= 15 is 0 Å². The Bertz CT molecular complexity index is 1260. The molecule has 3 aromatic carbocycles. The van der Waals surface area contributed by atoms with Crippen molar-refractivity contribution in [1.29, 1.82) is 0 Å². The predicted octanol–water partition coefficient (Wildman–Crippen LogP) is 5.22. The first-order valence-corrected chi connectivity index (χ1v) is 11.6. The highest BCUT2D eigenvalue weighted by atomic mass is 16.5. The number of carbonyl (C=O) groups is 2. The fourth-order valence-electron chi connectivity index (χ4n) is 4.45. The summed E-state index contributed by atoms with van der Waals surface area (Å²) in [5.74, 6) is -0.159. The average molecular weight is 484 g/mol. The monoisotopic (exact) mass is 483 g/mol. The fourth-order valence-corrected chi connectivity index (χ4v) is 4.45. The van der Waals surface area contributed by atoms with E-state index in [4.69, 9.17) is 9.47 Å². The van der Waals surface area contributed by atoms with Crippen LogP contribution in [0.5, 0.6) is 11.5 Å². The largest absolute Gasteiger partial charge is 0.495 e. The number of ether oxygens (including phenoxy) is 2. The van der Waals surface area contributed by atoms with Crippen molar-refractivity contribution in [2.75, 3.05) is 24.9 Å². The molecule has 0 saturated carbocycles. The first-order valence-electron chi connectivity index (χ1n) is 11.6. The lowest BCUT2D eigenvalue weighted by atomic mass is 9.79. The van der Waals surface area contributed by atoms with Crippen LogP contribution in [0.4, 0.5) is 11.4 Å². The first-order chi connectivity index (χ1) is 17.4. The van der Waals surface area contributed by atoms with Crippen molar-refractivity contribution >= 4 is 23.2 Å². The van der Waals surface area contributed by atoms with Crippen LogP contribution in [0.15, 0.2) is 101 Å². The molecule has 1 aliphatic rings. The fraction of sp³-hybridized carbons (Fsp3) is 0.172. The molecular weight excluding hydrogens is 454 g/mol. The van der Waals surface area contributed by atoms with E-state index in [-0.39, 0.29) is 11.8 Å². The van der Waals surface area contributed by atoms with E-state index in [9.17, 15) is 9.59 Å². The molecular formula is C29H29N3O4. The molecule has 3 N–H and O–H groups in total. The molecule has 36 heavy (non-hydrogen) atoms. The molecule has 0 radical (unpaired) electrons. The molecule has 0 atom stereocenters. The van der Waals surface area contributed by atoms with E-state index in [1.807, 2.05) is 68.4 Å². The minimum absolute atomic E-state index is 0.326. The van der Waals surface area contributed by atoms with Crippen molar-refractivity contribution < 1.29 is 19.1 Å². The molecule has 0 aliphatic carbocycles. The van der Waals surface area contributed by atoms with Crippen LogP contribution in [0.2, 0.25) is 0 Å². The van der Waals surface area contributed by atoms with Crippen molar-refractivity contribution in [3.63, 3.8) is 0 Å². The third-order valence-electron chi connectivity index (χ3n) is 6.09. The topological polar surface area (TPSA) is 88.7 Å². The van der Waals surface area contributed by atoms with Crippen LogP contribution >= 0.6 is 0 Å². The van der Waals surface area contributed by atoms with Gasteiger partial charge in [-0.15, -0.1) is 0 Å². The molecule has 0 bridgehead atoms. The number of hydrogen-bond donors (Lipinski definition) is 3. The summed E-state index contributed by atoms with van der Waals surface area (Å²) in [6.45, 7) is 3.68. The second-order valence-corrected chi connectivity index (χ2v) is 8.35. The van der Waals surface area contributed by atoms with E-state index in [0.717, 1.165) is 5.56 Å². The molecule has 0 unspecified atom stereocenters. The van der Waals surface area contributed by atoms with Crippen LogP contribution in [-0.4, -0.2) is 26.0 Å². The number of carbonyl (C=O) groups excluding carboxylic acids is 2. The smallest absolute Gasteiger partial charge is 0.254 e. The molecule has 1 heterocycles. The lowest BCUT2D eigenvalue weighted by Crippen LogP contribution is -2.35. The van der Waals surface area contributed by atoms with Gasteiger partial charge in [0.15, 0.2) is 0 Å². The molecule has 0 fully saturated rings. The maximum atomic E-state index is 13.7. The minimum atomic E-state index is -0.600. The van der Waals surface area contributed by atoms with Crippen molar-refractivity contribution in [3.8, 4) is 11.5 Å². The van der Waals surface area contributed by atoms with Crippen LogP contribution in [0.1, 0.15) is 25.3 Å². The Labute approximate surface area is 210 Å². The van der Waals surface area contributed by atoms with Crippen LogP contribution in [0, 0.1) is 0 Å². The zero-order valence-corrected chi connectivity index (χ0v) is 20.7. The number of benzene rings is 3. The Hall–Kier alpha value is -4.52. The molecule has 1 aliphatic heterocycles. The summed E-state index contributed by atoms with van der Waals surface area (Å²) in [6.07, 6.45) is 0. The number of rotatable bonds is 7. The van der Waals surface area contributed by atoms with Gasteiger partial charge in [-0.1, -0.05) is 54.6 Å². The molecule has 7 heteroatoms. The Balaban J connectivity index is 1.76. The van der Waals surface area contributed by atoms with Crippen LogP contribution < -0.4 is 25.4 Å². The zero-order valence-electron chi connectivity index (χ0n) is 20.7. The number of hydrogen-bond acceptors (Lipinski definition) is 5. The molecule has 0 spiro atoms. The van der Waals surface area contributed by atoms with Gasteiger partial charge in [0.2, 0.25) is 0 Å². The first kappa shape index (κ1) is 24.6. The van der Waals surface area contributed by atoms with Gasteiger partial charge in [0.05, 0.1) is 25.6 Å². The molecule has 7 nitrogen and oxygen atoms in total. The maximum absolute atomic E-state index is 13.7. The normalized spacial score (nSPS) is 13.7. The summed E-state index contributed by atoms with van der Waals surface area (Å²) in [7, 11) is 3.10. The highest BCUT2D eigenvalue weighted by Gasteiger charge is 2.36. The quantitative estimate of drug-likeness (QED) is 0.429. The van der Waals surface area contributed by atoms with Crippen LogP contribution in [0.25, 0.3) is 0 Å². The third-order valence-corrected chi connectivity index (χ3v) is 6.09. The number of para-hydroxylation sites is 4. The number of dihydropyridines is 1. The number of allylic oxidation sites excluding steroid dienone is 2. The SMILES string of the molecule is COc1ccccc1NC(=O)C1=C(C)NC(C)=C(C(=O)Nc2ccccc2OC)C1c1ccccc1. The van der Waals surface area contributed by atoms with Gasteiger partial charge >= 0.3 is 0 Å². The lowest BCUT2D eigenvalue weighted by molar-refractivity contribution is -0.113. The second kappa shape index (κ2) is 10.8. The minimum Gasteiger partial charge on any atom is -0.495 e. The third kappa shape index (κ3) is 4.95. The summed E-state index contributed by atoms with van der Waals surface area (Å²) in [5, 5.41) is 9.18. The second-order valence-electron chi connectivity index (χ2n) is 8.35. The predicted molar refractivity (Wildman–Crippen MR) is 141 cm³/mol. The average Bonchev–Trinajstić information content (AvgIpc) is 2.89. The highest BCUT2D eigenvalue weighted by molar-refractivity contribution is 6.12. The van der Waals surface area contributed by atoms with Crippen LogP contribution in [0.3, 0.4) is 0 Å². The molecule has 184 valence electrons. The lowest BCUT2D eigenvalue weighted by Gasteiger charge is -2.31. The summed E-state index contributed by atoms with van der Waals surface area (Å²) >= 11 is 0. The van der Waals surface area contributed by atoms with E-state index in [2.05, 4.69) is 16.0 Å². The maximum Gasteiger partial charge on any atom is 0.254 e. The van der Waals surface area contributed by atoms with Gasteiger partial charge in [0.1, 0.15) is 11.5 Å². The Morgan fingerprint density at radius 3 is 1.53 bits per heavy atom. The molecule has 2 amide bonds. The number of nitrogens with one attached hydrogen (secondary N) is 3. The van der Waals surface area contributed by atoms with Gasteiger partial charge in [-0.2, -0.15) is 0 Å². The van der Waals surface area contributed by atoms with E-state index in [1.54, 1.807) is 38.5 Å². The standard InChI is InChI=1S/C29H29N3O4/c1-18-25(28(33)31-21-14-8-10-16-23(21)35-3)27(20-12-6-5-7-13-20)26(19(2)30-18)29(34)32-22-15-9-11-17-24(22)36-4/h5-17,27,30H,1-4H3,(H,31,33)(H,32,34). The van der Waals surface area contributed by atoms with Crippen molar-refractivity contribution in [3.05, 3.63) is 107 Å². The molecule has 0 saturated heterocycles. The van der Waals surface area contributed by atoms with E-state index < -0.39 is 5.92 Å². The van der Waals surface area contributed by atoms with E-state index in [0.29, 0.717) is 45.4 Å². The Kier molecular flexibility index (Phi) is 7.39. The van der Waals surface area contributed by atoms with Gasteiger partial charge in [0, 0.05) is 28.5 Å². The number of methoxy groups -OCH3 is 2. The molecule has 3 aromatic rings. The molecule has 4 rings (SSSR count). The van der Waals surface area contributed by atoms with Gasteiger partial charge in [-0.3, -0.25) is 9.59 Å². The zero-order chi connectivity index (χ0) is 25.7.